The minimum Gasteiger partial charge on any atom is -0.436 e. The molecule has 0 aliphatic carbocycles. The Hall–Kier alpha value is -7.96. The molecule has 0 spiro atoms. The van der Waals surface area contributed by atoms with E-state index in [0.717, 1.165) is 108 Å². The van der Waals surface area contributed by atoms with Gasteiger partial charge in [-0.25, -0.2) is 15.0 Å². The molecule has 290 valence electrons. The number of hydrogen-bond acceptors (Lipinski definition) is 8. The van der Waals surface area contributed by atoms with E-state index < -0.39 is 0 Å². The molecular formula is C54H31N5OS2. The summed E-state index contributed by atoms with van der Waals surface area (Å²) in [7, 11) is 0. The maximum atomic E-state index is 9.36. The van der Waals surface area contributed by atoms with Crippen LogP contribution in [0.2, 0.25) is 0 Å². The first-order valence-electron chi connectivity index (χ1n) is 20.2. The lowest BCUT2D eigenvalue weighted by atomic mass is 9.97. The van der Waals surface area contributed by atoms with Crippen molar-refractivity contribution in [2.24, 2.45) is 0 Å². The van der Waals surface area contributed by atoms with Gasteiger partial charge in [0.1, 0.15) is 15.5 Å². The van der Waals surface area contributed by atoms with Crippen molar-refractivity contribution in [3.63, 3.8) is 0 Å². The maximum absolute atomic E-state index is 9.36. The van der Waals surface area contributed by atoms with Crippen molar-refractivity contribution in [3.8, 4) is 49.8 Å². The normalized spacial score (nSPS) is 11.5. The SMILES string of the molecule is N#Cc1ccc2cc(-c3ccc4cc(N(c5ccc(-c6nc7ccccc7o6)cc5)c5ccc(-c6nc7cc8sc(-c9ccccc9)nc8cc7s6)cc5)ccc4c3)ccc2c1. The van der Waals surface area contributed by atoms with Gasteiger partial charge in [-0.15, -0.1) is 22.7 Å². The van der Waals surface area contributed by atoms with Crippen molar-refractivity contribution >= 4 is 92.8 Å². The molecule has 0 unspecified atom stereocenters. The van der Waals surface area contributed by atoms with Crippen LogP contribution in [0.4, 0.5) is 17.1 Å². The van der Waals surface area contributed by atoms with Crippen LogP contribution in [0.1, 0.15) is 5.56 Å². The van der Waals surface area contributed by atoms with Gasteiger partial charge in [0, 0.05) is 33.8 Å². The molecule has 0 amide bonds. The van der Waals surface area contributed by atoms with Crippen molar-refractivity contribution in [1.82, 2.24) is 15.0 Å². The average Bonchev–Trinajstić information content (AvgIpc) is 4.08. The maximum Gasteiger partial charge on any atom is 0.227 e. The number of oxazole rings is 1. The van der Waals surface area contributed by atoms with Crippen LogP contribution < -0.4 is 4.90 Å². The third-order valence-electron chi connectivity index (χ3n) is 11.3. The third-order valence-corrected chi connectivity index (χ3v) is 13.5. The number of fused-ring (bicyclic) bond motifs is 5. The second kappa shape index (κ2) is 14.6. The van der Waals surface area contributed by atoms with Gasteiger partial charge in [-0.2, -0.15) is 5.26 Å². The first kappa shape index (κ1) is 35.9. The van der Waals surface area contributed by atoms with Gasteiger partial charge in [-0.05, 0) is 142 Å². The molecule has 12 rings (SSSR count). The van der Waals surface area contributed by atoms with Gasteiger partial charge in [0.2, 0.25) is 5.89 Å². The first-order chi connectivity index (χ1) is 30.6. The van der Waals surface area contributed by atoms with Crippen molar-refractivity contribution < 1.29 is 4.42 Å². The Kier molecular flexibility index (Phi) is 8.49. The number of nitrogens with zero attached hydrogens (tertiary/aromatic N) is 5. The number of thiazole rings is 2. The first-order valence-corrected chi connectivity index (χ1v) is 21.8. The topological polar surface area (TPSA) is 78.8 Å². The van der Waals surface area contributed by atoms with Crippen LogP contribution >= 0.6 is 22.7 Å². The highest BCUT2D eigenvalue weighted by Crippen LogP contribution is 2.41. The van der Waals surface area contributed by atoms with Crippen LogP contribution in [0.5, 0.6) is 0 Å². The van der Waals surface area contributed by atoms with Crippen LogP contribution in [-0.2, 0) is 0 Å². The summed E-state index contributed by atoms with van der Waals surface area (Å²) in [5.41, 5.74) is 12.7. The van der Waals surface area contributed by atoms with Gasteiger partial charge in [0.05, 0.1) is 32.1 Å². The Balaban J connectivity index is 0.894. The van der Waals surface area contributed by atoms with Crippen molar-refractivity contribution in [2.75, 3.05) is 4.90 Å². The number of nitriles is 1. The van der Waals surface area contributed by atoms with Crippen molar-refractivity contribution in [2.45, 2.75) is 0 Å². The van der Waals surface area contributed by atoms with E-state index in [1.54, 1.807) is 22.7 Å². The molecule has 0 atom stereocenters. The molecule has 0 saturated heterocycles. The zero-order valence-electron chi connectivity index (χ0n) is 32.9. The molecular weight excluding hydrogens is 799 g/mol. The van der Waals surface area contributed by atoms with E-state index in [1.807, 2.05) is 48.5 Å². The number of para-hydroxylation sites is 2. The minimum atomic E-state index is 0.594. The zero-order valence-corrected chi connectivity index (χ0v) is 34.5. The zero-order chi connectivity index (χ0) is 41.1. The Morgan fingerprint density at radius 2 is 0.935 bits per heavy atom. The molecule has 0 saturated carbocycles. The molecule has 12 aromatic rings. The lowest BCUT2D eigenvalue weighted by Gasteiger charge is -2.26. The summed E-state index contributed by atoms with van der Waals surface area (Å²) in [6.45, 7) is 0. The highest BCUT2D eigenvalue weighted by Gasteiger charge is 2.17. The largest absolute Gasteiger partial charge is 0.436 e. The van der Waals surface area contributed by atoms with Crippen LogP contribution in [0, 0.1) is 11.3 Å². The second-order valence-corrected chi connectivity index (χ2v) is 17.3. The average molecular weight is 830 g/mol. The molecule has 0 fully saturated rings. The van der Waals surface area contributed by atoms with E-state index in [4.69, 9.17) is 19.4 Å². The molecule has 0 N–H and O–H groups in total. The Bertz CT molecular complexity index is 3630. The Morgan fingerprint density at radius 1 is 0.419 bits per heavy atom. The lowest BCUT2D eigenvalue weighted by Crippen LogP contribution is -2.09. The summed E-state index contributed by atoms with van der Waals surface area (Å²) in [6.07, 6.45) is 0. The lowest BCUT2D eigenvalue weighted by molar-refractivity contribution is 0.620. The molecule has 3 aromatic heterocycles. The smallest absolute Gasteiger partial charge is 0.227 e. The quantitative estimate of drug-likeness (QED) is 0.159. The van der Waals surface area contributed by atoms with Gasteiger partial charge in [0.15, 0.2) is 5.58 Å². The summed E-state index contributed by atoms with van der Waals surface area (Å²) in [5.74, 6) is 0.594. The van der Waals surface area contributed by atoms with E-state index in [9.17, 15) is 5.26 Å². The highest BCUT2D eigenvalue weighted by molar-refractivity contribution is 7.23. The van der Waals surface area contributed by atoms with Gasteiger partial charge < -0.3 is 9.32 Å². The van der Waals surface area contributed by atoms with E-state index in [2.05, 4.69) is 150 Å². The van der Waals surface area contributed by atoms with Crippen molar-refractivity contribution in [3.05, 3.63) is 194 Å². The fourth-order valence-corrected chi connectivity index (χ4v) is 10.1. The van der Waals surface area contributed by atoms with E-state index >= 15 is 0 Å². The van der Waals surface area contributed by atoms with Crippen LogP contribution in [0.15, 0.2) is 192 Å². The fourth-order valence-electron chi connectivity index (χ4n) is 8.17. The summed E-state index contributed by atoms with van der Waals surface area (Å²) >= 11 is 3.40. The third kappa shape index (κ3) is 6.44. The fraction of sp³-hybridized carbons (Fsp3) is 0. The van der Waals surface area contributed by atoms with E-state index in [1.165, 1.54) is 0 Å². The molecule has 0 aliphatic rings. The molecule has 0 radical (unpaired) electrons. The molecule has 62 heavy (non-hydrogen) atoms. The van der Waals surface area contributed by atoms with E-state index in [-0.39, 0.29) is 0 Å². The summed E-state index contributed by atoms with van der Waals surface area (Å²) < 4.78 is 8.38. The van der Waals surface area contributed by atoms with E-state index in [0.29, 0.717) is 11.5 Å². The van der Waals surface area contributed by atoms with Gasteiger partial charge in [-0.1, -0.05) is 78.9 Å². The number of aromatic nitrogens is 3. The molecule has 0 aliphatic heterocycles. The number of hydrogen-bond donors (Lipinski definition) is 0. The van der Waals surface area contributed by atoms with Gasteiger partial charge in [-0.3, -0.25) is 0 Å². The molecule has 6 nitrogen and oxygen atoms in total. The number of rotatable bonds is 7. The van der Waals surface area contributed by atoms with Gasteiger partial charge in [0.25, 0.3) is 0 Å². The highest BCUT2D eigenvalue weighted by atomic mass is 32.1. The molecule has 0 bridgehead atoms. The molecule has 8 heteroatoms. The predicted molar refractivity (Wildman–Crippen MR) is 257 cm³/mol. The van der Waals surface area contributed by atoms with Crippen LogP contribution in [0.25, 0.3) is 96.8 Å². The van der Waals surface area contributed by atoms with Crippen molar-refractivity contribution in [1.29, 1.82) is 5.26 Å². The summed E-state index contributed by atoms with van der Waals surface area (Å²) in [6, 6.07) is 67.4. The second-order valence-electron chi connectivity index (χ2n) is 15.2. The minimum absolute atomic E-state index is 0.594. The Morgan fingerprint density at radius 3 is 1.58 bits per heavy atom. The Labute approximate surface area is 363 Å². The number of benzene rings is 9. The van der Waals surface area contributed by atoms with Crippen LogP contribution in [-0.4, -0.2) is 15.0 Å². The van der Waals surface area contributed by atoms with Crippen LogP contribution in [0.3, 0.4) is 0 Å². The predicted octanol–water partition coefficient (Wildman–Crippen LogP) is 15.4. The summed E-state index contributed by atoms with van der Waals surface area (Å²) in [4.78, 5) is 17.1. The monoisotopic (exact) mass is 829 g/mol. The number of anilines is 3. The standard InChI is InChI=1S/C54H31N5OS2/c55-32-33-10-11-38-27-39(13-12-37(38)26-33)40-14-15-42-29-45(25-20-41(42)28-40)59(43-21-16-34(17-22-43)52-56-46-8-4-5-9-49(46)60-52)44-23-18-36(19-24-44)54-58-48-31-50-47(30-51(48)62-54)57-53(61-50)35-6-2-1-3-7-35/h1-31H. The molecule has 9 aromatic carbocycles. The summed E-state index contributed by atoms with van der Waals surface area (Å²) in [5, 5.41) is 15.8. The molecule has 3 heterocycles. The van der Waals surface area contributed by atoms with Gasteiger partial charge >= 0.3 is 0 Å².